The Morgan fingerprint density at radius 2 is 2.12 bits per heavy atom. The maximum absolute atomic E-state index is 6.12. The summed E-state index contributed by atoms with van der Waals surface area (Å²) in [7, 11) is 2.03. The Balaban J connectivity index is 2.25. The van der Waals surface area contributed by atoms with E-state index >= 15 is 0 Å². The summed E-state index contributed by atoms with van der Waals surface area (Å²) < 4.78 is 2.07. The molecule has 3 heteroatoms. The van der Waals surface area contributed by atoms with Gasteiger partial charge in [-0.3, -0.25) is 0 Å². The van der Waals surface area contributed by atoms with Crippen molar-refractivity contribution in [3.63, 3.8) is 0 Å². The van der Waals surface area contributed by atoms with E-state index in [9.17, 15) is 0 Å². The summed E-state index contributed by atoms with van der Waals surface area (Å²) in [6.45, 7) is 0.776. The lowest BCUT2D eigenvalue weighted by atomic mass is 10.1. The highest BCUT2D eigenvalue weighted by Gasteiger charge is 2.04. The van der Waals surface area contributed by atoms with Gasteiger partial charge in [0.05, 0.1) is 5.02 Å². The number of unbranched alkanes of at least 4 members (excludes halogenated alkanes) is 1. The van der Waals surface area contributed by atoms with Gasteiger partial charge in [0.2, 0.25) is 0 Å². The van der Waals surface area contributed by atoms with Crippen molar-refractivity contribution in [3.05, 3.63) is 35.0 Å². The van der Waals surface area contributed by atoms with Crippen molar-refractivity contribution in [2.75, 3.05) is 6.54 Å². The summed E-state index contributed by atoms with van der Waals surface area (Å²) in [4.78, 5) is 0. The van der Waals surface area contributed by atoms with Crippen molar-refractivity contribution in [3.8, 4) is 0 Å². The van der Waals surface area contributed by atoms with Crippen LogP contribution >= 0.6 is 11.6 Å². The molecule has 16 heavy (non-hydrogen) atoms. The van der Waals surface area contributed by atoms with Crippen molar-refractivity contribution in [1.29, 1.82) is 0 Å². The number of aryl methyl sites for hydroxylation is 2. The molecule has 1 aromatic heterocycles. The molecule has 86 valence electrons. The maximum Gasteiger partial charge on any atom is 0.0661 e. The summed E-state index contributed by atoms with van der Waals surface area (Å²) in [5.41, 5.74) is 8.05. The number of aromatic nitrogens is 1. The van der Waals surface area contributed by atoms with Crippen LogP contribution in [-0.4, -0.2) is 11.1 Å². The van der Waals surface area contributed by atoms with Crippen molar-refractivity contribution in [1.82, 2.24) is 4.57 Å². The van der Waals surface area contributed by atoms with Crippen LogP contribution in [-0.2, 0) is 13.5 Å². The van der Waals surface area contributed by atoms with E-state index in [-0.39, 0.29) is 0 Å². The smallest absolute Gasteiger partial charge is 0.0661 e. The van der Waals surface area contributed by atoms with Crippen molar-refractivity contribution < 1.29 is 0 Å². The molecule has 0 bridgehead atoms. The van der Waals surface area contributed by atoms with Crippen molar-refractivity contribution in [2.24, 2.45) is 12.8 Å². The van der Waals surface area contributed by atoms with Crippen LogP contribution < -0.4 is 5.73 Å². The Kier molecular flexibility index (Phi) is 3.52. The molecule has 0 unspecified atom stereocenters. The second kappa shape index (κ2) is 4.89. The van der Waals surface area contributed by atoms with Gasteiger partial charge in [0.1, 0.15) is 0 Å². The molecule has 1 heterocycles. The topological polar surface area (TPSA) is 30.9 Å². The zero-order chi connectivity index (χ0) is 11.5. The molecule has 0 saturated heterocycles. The molecule has 2 N–H and O–H groups in total. The molecule has 0 fully saturated rings. The summed E-state index contributed by atoms with van der Waals surface area (Å²) in [6, 6.07) is 6.48. The highest BCUT2D eigenvalue weighted by Crippen LogP contribution is 2.26. The summed E-state index contributed by atoms with van der Waals surface area (Å²) in [5.74, 6) is 0. The van der Waals surface area contributed by atoms with Gasteiger partial charge in [-0.15, -0.1) is 0 Å². The number of fused-ring (bicyclic) bond motifs is 1. The predicted octanol–water partition coefficient (Wildman–Crippen LogP) is 3.11. The summed E-state index contributed by atoms with van der Waals surface area (Å²) in [5, 5.41) is 1.96. The Labute approximate surface area is 101 Å². The van der Waals surface area contributed by atoms with Gasteiger partial charge >= 0.3 is 0 Å². The lowest BCUT2D eigenvalue weighted by Gasteiger charge is -2.02. The van der Waals surface area contributed by atoms with Crippen molar-refractivity contribution in [2.45, 2.75) is 19.3 Å². The molecule has 0 aliphatic rings. The van der Waals surface area contributed by atoms with Crippen LogP contribution in [0, 0.1) is 0 Å². The fourth-order valence-corrected chi connectivity index (χ4v) is 2.32. The Morgan fingerprint density at radius 3 is 2.88 bits per heavy atom. The molecule has 0 amide bonds. The third-order valence-corrected chi connectivity index (χ3v) is 3.23. The second-order valence-electron chi connectivity index (χ2n) is 4.19. The Hall–Kier alpha value is -0.990. The molecule has 0 aliphatic carbocycles. The van der Waals surface area contributed by atoms with Crippen LogP contribution in [0.4, 0.5) is 0 Å². The van der Waals surface area contributed by atoms with E-state index in [0.29, 0.717) is 0 Å². The second-order valence-corrected chi connectivity index (χ2v) is 4.59. The number of rotatable bonds is 4. The van der Waals surface area contributed by atoms with E-state index in [1.807, 2.05) is 13.2 Å². The molecule has 2 nitrogen and oxygen atoms in total. The van der Waals surface area contributed by atoms with E-state index < -0.39 is 0 Å². The number of hydrogen-bond acceptors (Lipinski definition) is 1. The normalized spacial score (nSPS) is 11.2. The quantitative estimate of drug-likeness (QED) is 0.813. The predicted molar refractivity (Wildman–Crippen MR) is 69.9 cm³/mol. The van der Waals surface area contributed by atoms with Gasteiger partial charge < -0.3 is 10.3 Å². The maximum atomic E-state index is 6.12. The number of benzene rings is 1. The SMILES string of the molecule is Cn1cc(Cl)c2ccc(CCCCN)cc21. The Morgan fingerprint density at radius 1 is 1.31 bits per heavy atom. The summed E-state index contributed by atoms with van der Waals surface area (Å²) >= 11 is 6.12. The minimum Gasteiger partial charge on any atom is -0.349 e. The molecule has 1 aromatic carbocycles. The third kappa shape index (κ3) is 2.23. The largest absolute Gasteiger partial charge is 0.349 e. The third-order valence-electron chi connectivity index (χ3n) is 2.93. The molecule has 0 aliphatic heterocycles. The van der Waals surface area contributed by atoms with Crippen LogP contribution in [0.3, 0.4) is 0 Å². The molecule has 2 rings (SSSR count). The summed E-state index contributed by atoms with van der Waals surface area (Å²) in [6.07, 6.45) is 5.29. The number of hydrogen-bond donors (Lipinski definition) is 1. The minimum absolute atomic E-state index is 0.776. The molecular weight excluding hydrogens is 220 g/mol. The lowest BCUT2D eigenvalue weighted by molar-refractivity contribution is 0.745. The fraction of sp³-hybridized carbons (Fsp3) is 0.385. The average molecular weight is 237 g/mol. The zero-order valence-corrected chi connectivity index (χ0v) is 10.3. The van der Waals surface area contributed by atoms with E-state index in [1.54, 1.807) is 0 Å². The Bertz CT molecular complexity index is 488. The first-order valence-electron chi connectivity index (χ1n) is 5.66. The van der Waals surface area contributed by atoms with E-state index in [4.69, 9.17) is 17.3 Å². The van der Waals surface area contributed by atoms with Gasteiger partial charge in [0.15, 0.2) is 0 Å². The van der Waals surface area contributed by atoms with Gasteiger partial charge in [-0.1, -0.05) is 23.7 Å². The minimum atomic E-state index is 0.776. The molecule has 0 radical (unpaired) electrons. The molecule has 2 aromatic rings. The van der Waals surface area contributed by atoms with E-state index in [1.165, 1.54) is 11.1 Å². The van der Waals surface area contributed by atoms with E-state index in [2.05, 4.69) is 22.8 Å². The van der Waals surface area contributed by atoms with Crippen LogP contribution in [0.2, 0.25) is 5.02 Å². The van der Waals surface area contributed by atoms with Gasteiger partial charge in [0, 0.05) is 24.1 Å². The first-order valence-corrected chi connectivity index (χ1v) is 6.03. The van der Waals surface area contributed by atoms with Crippen LogP contribution in [0.25, 0.3) is 10.9 Å². The highest BCUT2D eigenvalue weighted by molar-refractivity contribution is 6.35. The monoisotopic (exact) mass is 236 g/mol. The molecule has 0 spiro atoms. The highest BCUT2D eigenvalue weighted by atomic mass is 35.5. The molecule has 0 saturated carbocycles. The number of halogens is 1. The lowest BCUT2D eigenvalue weighted by Crippen LogP contribution is -1.99. The van der Waals surface area contributed by atoms with Gasteiger partial charge in [-0.2, -0.15) is 0 Å². The van der Waals surface area contributed by atoms with Crippen LogP contribution in [0.1, 0.15) is 18.4 Å². The zero-order valence-electron chi connectivity index (χ0n) is 9.54. The first kappa shape index (κ1) is 11.5. The standard InChI is InChI=1S/C13H17ClN2/c1-16-9-12(14)11-6-5-10(8-13(11)16)4-2-3-7-15/h5-6,8-9H,2-4,7,15H2,1H3. The van der Waals surface area contributed by atoms with Crippen molar-refractivity contribution >= 4 is 22.5 Å². The van der Waals surface area contributed by atoms with Crippen LogP contribution in [0.5, 0.6) is 0 Å². The fourth-order valence-electron chi connectivity index (χ4n) is 2.01. The van der Waals surface area contributed by atoms with E-state index in [0.717, 1.165) is 36.2 Å². The molecular formula is C13H17ClN2. The van der Waals surface area contributed by atoms with Gasteiger partial charge in [-0.05, 0) is 37.4 Å². The molecule has 0 atom stereocenters. The van der Waals surface area contributed by atoms with Gasteiger partial charge in [0.25, 0.3) is 0 Å². The van der Waals surface area contributed by atoms with Crippen LogP contribution in [0.15, 0.2) is 24.4 Å². The number of nitrogens with zero attached hydrogens (tertiary/aromatic N) is 1. The number of nitrogens with two attached hydrogens (primary N) is 1. The first-order chi connectivity index (χ1) is 7.72. The average Bonchev–Trinajstić information content (AvgIpc) is 2.55. The van der Waals surface area contributed by atoms with Gasteiger partial charge in [-0.25, -0.2) is 0 Å².